The lowest BCUT2D eigenvalue weighted by atomic mass is 9.99. The molecule has 1 atom stereocenters. The molecule has 0 bridgehead atoms. The van der Waals surface area contributed by atoms with Crippen LogP contribution in [-0.4, -0.2) is 40.6 Å². The first-order valence-electron chi connectivity index (χ1n) is 8.09. The van der Waals surface area contributed by atoms with Crippen molar-refractivity contribution in [1.82, 2.24) is 20.3 Å². The SMILES string of the molecule is C/C=C(/c1ccccn1)c1c(C)ncnc1N1CCNCC1C. The fourth-order valence-electron chi connectivity index (χ4n) is 3.09. The minimum atomic E-state index is 0.402. The second kappa shape index (κ2) is 6.87. The van der Waals surface area contributed by atoms with Crippen LogP contribution in [0.5, 0.6) is 0 Å². The Morgan fingerprint density at radius 1 is 1.30 bits per heavy atom. The summed E-state index contributed by atoms with van der Waals surface area (Å²) >= 11 is 0. The van der Waals surface area contributed by atoms with E-state index in [0.717, 1.165) is 48.0 Å². The number of pyridine rings is 1. The number of hydrogen-bond donors (Lipinski definition) is 1. The molecule has 1 saturated heterocycles. The van der Waals surface area contributed by atoms with Gasteiger partial charge in [-0.3, -0.25) is 4.98 Å². The average Bonchev–Trinajstić information content (AvgIpc) is 2.58. The van der Waals surface area contributed by atoms with Crippen LogP contribution in [0.15, 0.2) is 36.8 Å². The zero-order valence-corrected chi connectivity index (χ0v) is 14.0. The summed E-state index contributed by atoms with van der Waals surface area (Å²) in [4.78, 5) is 15.9. The first kappa shape index (κ1) is 15.6. The van der Waals surface area contributed by atoms with Crippen LogP contribution < -0.4 is 10.2 Å². The Kier molecular flexibility index (Phi) is 4.67. The van der Waals surface area contributed by atoms with E-state index in [1.807, 2.05) is 38.2 Å². The molecule has 5 heteroatoms. The maximum atomic E-state index is 4.63. The van der Waals surface area contributed by atoms with Crippen molar-refractivity contribution >= 4 is 11.4 Å². The van der Waals surface area contributed by atoms with Gasteiger partial charge in [0.1, 0.15) is 12.1 Å². The molecule has 0 aliphatic carbocycles. The molecule has 0 saturated carbocycles. The third-order valence-corrected chi connectivity index (χ3v) is 4.29. The summed E-state index contributed by atoms with van der Waals surface area (Å²) in [5, 5.41) is 3.43. The van der Waals surface area contributed by atoms with Crippen LogP contribution in [0.3, 0.4) is 0 Å². The number of aromatic nitrogens is 3. The number of allylic oxidation sites excluding steroid dienone is 1. The van der Waals surface area contributed by atoms with Crippen LogP contribution in [0.2, 0.25) is 0 Å². The minimum Gasteiger partial charge on any atom is -0.351 e. The molecular formula is C18H23N5. The van der Waals surface area contributed by atoms with Gasteiger partial charge in [-0.1, -0.05) is 12.1 Å². The third-order valence-electron chi connectivity index (χ3n) is 4.29. The standard InChI is InChI=1S/C18H23N5/c1-4-15(16-7-5-6-8-20-16)17-14(3)21-12-22-18(17)23-10-9-19-11-13(23)2/h4-8,12-13,19H,9-11H2,1-3H3/b15-4-. The van der Waals surface area contributed by atoms with Gasteiger partial charge in [0.25, 0.3) is 0 Å². The molecular weight excluding hydrogens is 286 g/mol. The van der Waals surface area contributed by atoms with Crippen molar-refractivity contribution in [3.63, 3.8) is 0 Å². The summed E-state index contributed by atoms with van der Waals surface area (Å²) in [5.41, 5.74) is 4.11. The maximum absolute atomic E-state index is 4.63. The molecule has 3 rings (SSSR count). The zero-order valence-electron chi connectivity index (χ0n) is 14.0. The number of piperazine rings is 1. The number of aryl methyl sites for hydroxylation is 1. The Hall–Kier alpha value is -2.27. The molecule has 3 heterocycles. The molecule has 0 amide bonds. The van der Waals surface area contributed by atoms with Gasteiger partial charge in [-0.05, 0) is 32.9 Å². The van der Waals surface area contributed by atoms with Crippen LogP contribution in [0.4, 0.5) is 5.82 Å². The molecule has 2 aromatic heterocycles. The number of nitrogens with one attached hydrogen (secondary N) is 1. The molecule has 0 spiro atoms. The summed E-state index contributed by atoms with van der Waals surface area (Å²) in [7, 11) is 0. The van der Waals surface area contributed by atoms with Crippen molar-refractivity contribution in [2.45, 2.75) is 26.8 Å². The highest BCUT2D eigenvalue weighted by Gasteiger charge is 2.25. The van der Waals surface area contributed by atoms with Crippen LogP contribution in [0.1, 0.15) is 30.8 Å². The number of rotatable bonds is 3. The zero-order chi connectivity index (χ0) is 16.2. The van der Waals surface area contributed by atoms with E-state index in [1.165, 1.54) is 0 Å². The second-order valence-electron chi connectivity index (χ2n) is 5.82. The molecule has 0 radical (unpaired) electrons. The Balaban J connectivity index is 2.11. The van der Waals surface area contributed by atoms with Crippen LogP contribution in [0.25, 0.3) is 5.57 Å². The number of anilines is 1. The fourth-order valence-corrected chi connectivity index (χ4v) is 3.09. The summed E-state index contributed by atoms with van der Waals surface area (Å²) in [6, 6.07) is 6.38. The van der Waals surface area contributed by atoms with Crippen molar-refractivity contribution in [3.05, 3.63) is 53.8 Å². The van der Waals surface area contributed by atoms with E-state index in [9.17, 15) is 0 Å². The molecule has 120 valence electrons. The van der Waals surface area contributed by atoms with Crippen molar-refractivity contribution in [2.24, 2.45) is 0 Å². The lowest BCUT2D eigenvalue weighted by Gasteiger charge is -2.36. The summed E-state index contributed by atoms with van der Waals surface area (Å²) in [6.45, 7) is 9.20. The van der Waals surface area contributed by atoms with Crippen molar-refractivity contribution in [3.8, 4) is 0 Å². The normalized spacial score (nSPS) is 19.0. The quantitative estimate of drug-likeness (QED) is 0.944. The number of hydrogen-bond acceptors (Lipinski definition) is 5. The average molecular weight is 309 g/mol. The van der Waals surface area contributed by atoms with E-state index in [2.05, 4.69) is 38.2 Å². The molecule has 1 N–H and O–H groups in total. The monoisotopic (exact) mass is 309 g/mol. The van der Waals surface area contributed by atoms with E-state index in [4.69, 9.17) is 0 Å². The number of nitrogens with zero attached hydrogens (tertiary/aromatic N) is 4. The summed E-state index contributed by atoms with van der Waals surface area (Å²) in [5.74, 6) is 1.00. The molecule has 0 aromatic carbocycles. The highest BCUT2D eigenvalue weighted by Crippen LogP contribution is 2.32. The van der Waals surface area contributed by atoms with E-state index >= 15 is 0 Å². The molecule has 2 aromatic rings. The highest BCUT2D eigenvalue weighted by molar-refractivity contribution is 5.84. The smallest absolute Gasteiger partial charge is 0.140 e. The minimum absolute atomic E-state index is 0.402. The summed E-state index contributed by atoms with van der Waals surface area (Å²) < 4.78 is 0. The van der Waals surface area contributed by atoms with Gasteiger partial charge < -0.3 is 10.2 Å². The molecule has 1 aliphatic heterocycles. The van der Waals surface area contributed by atoms with Crippen LogP contribution in [-0.2, 0) is 0 Å². The second-order valence-corrected chi connectivity index (χ2v) is 5.82. The van der Waals surface area contributed by atoms with Gasteiger partial charge in [0.2, 0.25) is 0 Å². The lowest BCUT2D eigenvalue weighted by Crippen LogP contribution is -2.50. The predicted molar refractivity (Wildman–Crippen MR) is 93.4 cm³/mol. The topological polar surface area (TPSA) is 53.9 Å². The molecule has 1 aliphatic rings. The van der Waals surface area contributed by atoms with Gasteiger partial charge in [0.15, 0.2) is 0 Å². The first-order valence-corrected chi connectivity index (χ1v) is 8.09. The molecule has 1 unspecified atom stereocenters. The van der Waals surface area contributed by atoms with Gasteiger partial charge in [-0.25, -0.2) is 9.97 Å². The fraction of sp³-hybridized carbons (Fsp3) is 0.389. The largest absolute Gasteiger partial charge is 0.351 e. The maximum Gasteiger partial charge on any atom is 0.140 e. The Labute approximate surface area is 137 Å². The first-order chi connectivity index (χ1) is 11.2. The van der Waals surface area contributed by atoms with Gasteiger partial charge in [0.05, 0.1) is 11.4 Å². The highest BCUT2D eigenvalue weighted by atomic mass is 15.3. The van der Waals surface area contributed by atoms with E-state index in [-0.39, 0.29) is 0 Å². The molecule has 1 fully saturated rings. The van der Waals surface area contributed by atoms with Gasteiger partial charge in [0, 0.05) is 43.0 Å². The molecule has 23 heavy (non-hydrogen) atoms. The van der Waals surface area contributed by atoms with Gasteiger partial charge >= 0.3 is 0 Å². The Morgan fingerprint density at radius 2 is 2.17 bits per heavy atom. The predicted octanol–water partition coefficient (Wildman–Crippen LogP) is 2.43. The van der Waals surface area contributed by atoms with Crippen molar-refractivity contribution < 1.29 is 0 Å². The van der Waals surface area contributed by atoms with E-state index < -0.39 is 0 Å². The summed E-state index contributed by atoms with van der Waals surface area (Å²) in [6.07, 6.45) is 5.59. The van der Waals surface area contributed by atoms with Crippen LogP contribution >= 0.6 is 0 Å². The van der Waals surface area contributed by atoms with E-state index in [1.54, 1.807) is 6.33 Å². The van der Waals surface area contributed by atoms with E-state index in [0.29, 0.717) is 6.04 Å². The van der Waals surface area contributed by atoms with Crippen molar-refractivity contribution in [1.29, 1.82) is 0 Å². The van der Waals surface area contributed by atoms with Crippen LogP contribution in [0, 0.1) is 6.92 Å². The Morgan fingerprint density at radius 3 is 2.87 bits per heavy atom. The lowest BCUT2D eigenvalue weighted by molar-refractivity contribution is 0.496. The van der Waals surface area contributed by atoms with Gasteiger partial charge in [-0.2, -0.15) is 0 Å². The van der Waals surface area contributed by atoms with Gasteiger partial charge in [-0.15, -0.1) is 0 Å². The van der Waals surface area contributed by atoms with Crippen molar-refractivity contribution in [2.75, 3.05) is 24.5 Å². The Bertz CT molecular complexity index is 696. The molecule has 5 nitrogen and oxygen atoms in total. The third kappa shape index (κ3) is 3.10.